The van der Waals surface area contributed by atoms with E-state index in [1.54, 1.807) is 42.9 Å². The van der Waals surface area contributed by atoms with Crippen molar-refractivity contribution >= 4 is 28.1 Å². The van der Waals surface area contributed by atoms with Crippen LogP contribution in [-0.4, -0.2) is 49.3 Å². The van der Waals surface area contributed by atoms with Gasteiger partial charge in [0.15, 0.2) is 10.6 Å². The number of methoxy groups -OCH3 is 1. The molecule has 0 unspecified atom stereocenters. The molecule has 0 saturated carbocycles. The predicted octanol–water partition coefficient (Wildman–Crippen LogP) is 2.33. The van der Waals surface area contributed by atoms with Gasteiger partial charge in [0.2, 0.25) is 15.9 Å². The number of benzene rings is 2. The molecule has 0 aliphatic heterocycles. The Kier molecular flexibility index (Phi) is 7.44. The van der Waals surface area contributed by atoms with Crippen molar-refractivity contribution in [2.24, 2.45) is 0 Å². The van der Waals surface area contributed by atoms with Gasteiger partial charge in [0.25, 0.3) is 0 Å². The summed E-state index contributed by atoms with van der Waals surface area (Å²) in [6.07, 6.45) is 0. The molecule has 1 amide bonds. The van der Waals surface area contributed by atoms with Gasteiger partial charge in [-0.3, -0.25) is 14.5 Å². The van der Waals surface area contributed by atoms with Crippen LogP contribution in [0.1, 0.15) is 11.1 Å². The fourth-order valence-electron chi connectivity index (χ4n) is 3.09. The lowest BCUT2D eigenvalue weighted by atomic mass is 10.2. The van der Waals surface area contributed by atoms with Gasteiger partial charge in [0.1, 0.15) is 12.3 Å². The van der Waals surface area contributed by atoms with Crippen LogP contribution in [0.3, 0.4) is 0 Å². The Morgan fingerprint density at radius 2 is 1.88 bits per heavy atom. The molecule has 0 spiro atoms. The first-order valence-electron chi connectivity index (χ1n) is 9.84. The summed E-state index contributed by atoms with van der Waals surface area (Å²) in [5, 5.41) is 9.60. The summed E-state index contributed by atoms with van der Waals surface area (Å²) in [6.45, 7) is 3.71. The third-order valence-electron chi connectivity index (χ3n) is 4.78. The molecule has 0 fully saturated rings. The van der Waals surface area contributed by atoms with Gasteiger partial charge < -0.3 is 10.1 Å². The molecule has 1 heterocycles. The van der Waals surface area contributed by atoms with E-state index in [0.29, 0.717) is 21.9 Å². The van der Waals surface area contributed by atoms with E-state index in [4.69, 9.17) is 17.0 Å². The normalized spacial score (nSPS) is 11.3. The minimum absolute atomic E-state index is 0.0551. The lowest BCUT2D eigenvalue weighted by molar-refractivity contribution is -0.121. The Balaban J connectivity index is 1.58. The highest BCUT2D eigenvalue weighted by molar-refractivity contribution is 7.89. The fourth-order valence-corrected chi connectivity index (χ4v) is 4.64. The number of carbonyl (C=O) groups is 1. The topological polar surface area (TPSA) is 118 Å². The highest BCUT2D eigenvalue weighted by atomic mass is 32.2. The number of amides is 1. The van der Waals surface area contributed by atoms with Gasteiger partial charge in [0.05, 0.1) is 12.0 Å². The summed E-state index contributed by atoms with van der Waals surface area (Å²) >= 11 is 5.25. The lowest BCUT2D eigenvalue weighted by Crippen LogP contribution is -2.36. The zero-order chi connectivity index (χ0) is 23.3. The second kappa shape index (κ2) is 10.1. The van der Waals surface area contributed by atoms with Gasteiger partial charge in [-0.1, -0.05) is 12.1 Å². The molecule has 0 saturated heterocycles. The summed E-state index contributed by atoms with van der Waals surface area (Å²) < 4.78 is 34.6. The molecule has 3 N–H and O–H groups in total. The number of ether oxygens (including phenoxy) is 1. The van der Waals surface area contributed by atoms with Gasteiger partial charge in [0, 0.05) is 18.7 Å². The number of aryl methyl sites for hydroxylation is 2. The summed E-state index contributed by atoms with van der Waals surface area (Å²) in [5.41, 5.74) is 2.29. The third-order valence-corrected chi connectivity index (χ3v) is 6.70. The van der Waals surface area contributed by atoms with Crippen molar-refractivity contribution in [1.82, 2.24) is 24.8 Å². The van der Waals surface area contributed by atoms with Crippen LogP contribution in [0.4, 0.5) is 0 Å². The molecule has 1 aromatic heterocycles. The molecular weight excluding hydrogens is 450 g/mol. The summed E-state index contributed by atoms with van der Waals surface area (Å²) in [4.78, 5) is 12.7. The van der Waals surface area contributed by atoms with Crippen LogP contribution in [0.2, 0.25) is 0 Å². The van der Waals surface area contributed by atoms with Crippen molar-refractivity contribution in [2.45, 2.75) is 25.3 Å². The van der Waals surface area contributed by atoms with Crippen LogP contribution in [-0.2, 0) is 21.4 Å². The number of rotatable bonds is 9. The number of hydrogen-bond acceptors (Lipinski definition) is 6. The highest BCUT2D eigenvalue weighted by Crippen LogP contribution is 2.21. The van der Waals surface area contributed by atoms with E-state index < -0.39 is 10.0 Å². The molecule has 9 nitrogen and oxygen atoms in total. The van der Waals surface area contributed by atoms with Crippen molar-refractivity contribution in [1.29, 1.82) is 0 Å². The number of sulfonamides is 1. The third kappa shape index (κ3) is 5.61. The van der Waals surface area contributed by atoms with Crippen LogP contribution < -0.4 is 14.8 Å². The second-order valence-corrected chi connectivity index (χ2v) is 9.31. The molecule has 3 rings (SSSR count). The van der Waals surface area contributed by atoms with E-state index in [1.807, 2.05) is 25.1 Å². The summed E-state index contributed by atoms with van der Waals surface area (Å²) in [5.74, 6) is 0.905. The number of aromatic nitrogens is 3. The Morgan fingerprint density at radius 3 is 2.56 bits per heavy atom. The van der Waals surface area contributed by atoms with Crippen LogP contribution >= 0.6 is 12.2 Å². The zero-order valence-electron chi connectivity index (χ0n) is 18.0. The van der Waals surface area contributed by atoms with E-state index in [-0.39, 0.29) is 30.4 Å². The van der Waals surface area contributed by atoms with E-state index in [9.17, 15) is 13.2 Å². The van der Waals surface area contributed by atoms with Crippen molar-refractivity contribution in [2.75, 3.05) is 20.2 Å². The molecule has 3 aromatic rings. The smallest absolute Gasteiger partial charge is 0.240 e. The van der Waals surface area contributed by atoms with Gasteiger partial charge in [-0.05, 0) is 67.5 Å². The first-order valence-corrected chi connectivity index (χ1v) is 11.7. The maximum Gasteiger partial charge on any atom is 0.240 e. The molecule has 11 heteroatoms. The highest BCUT2D eigenvalue weighted by Gasteiger charge is 2.17. The molecule has 0 bridgehead atoms. The average molecular weight is 476 g/mol. The number of carbonyl (C=O) groups excluding carboxylic acids is 1. The average Bonchev–Trinajstić information content (AvgIpc) is 3.13. The van der Waals surface area contributed by atoms with Gasteiger partial charge in [-0.15, -0.1) is 0 Å². The summed E-state index contributed by atoms with van der Waals surface area (Å²) in [7, 11) is -2.08. The first kappa shape index (κ1) is 23.6. The Hall–Kier alpha value is -3.02. The van der Waals surface area contributed by atoms with E-state index in [1.165, 1.54) is 0 Å². The van der Waals surface area contributed by atoms with Crippen LogP contribution in [0.5, 0.6) is 5.75 Å². The Morgan fingerprint density at radius 1 is 1.16 bits per heavy atom. The number of aromatic amines is 1. The zero-order valence-corrected chi connectivity index (χ0v) is 19.6. The van der Waals surface area contributed by atoms with Gasteiger partial charge in [-0.2, -0.15) is 5.10 Å². The molecule has 170 valence electrons. The molecule has 32 heavy (non-hydrogen) atoms. The van der Waals surface area contributed by atoms with Gasteiger partial charge in [-0.25, -0.2) is 13.1 Å². The quantitative estimate of drug-likeness (QED) is 0.323. The van der Waals surface area contributed by atoms with Crippen LogP contribution in [0, 0.1) is 18.6 Å². The van der Waals surface area contributed by atoms with E-state index in [0.717, 1.165) is 11.1 Å². The minimum Gasteiger partial charge on any atom is -0.497 e. The molecule has 0 aliphatic rings. The first-order chi connectivity index (χ1) is 15.2. The van der Waals surface area contributed by atoms with Gasteiger partial charge >= 0.3 is 0 Å². The fraction of sp³-hybridized carbons (Fsp3) is 0.286. The maximum atomic E-state index is 12.5. The van der Waals surface area contributed by atoms with Crippen LogP contribution in [0.15, 0.2) is 47.4 Å². The molecule has 0 aliphatic carbocycles. The standard InChI is InChI=1S/C21H25N5O4S2/c1-14-4-5-15(2)18(12-14)32(28,29)23-11-10-22-19(27)13-26-20(24-25-21(26)31)16-6-8-17(30-3)9-7-16/h4-9,12,23H,10-11,13H2,1-3H3,(H,22,27)(H,25,31). The number of hydrogen-bond donors (Lipinski definition) is 3. The Bertz CT molecular complexity index is 1260. The number of nitrogens with zero attached hydrogens (tertiary/aromatic N) is 2. The lowest BCUT2D eigenvalue weighted by Gasteiger charge is -2.11. The number of nitrogens with one attached hydrogen (secondary N) is 3. The van der Waals surface area contributed by atoms with E-state index in [2.05, 4.69) is 20.2 Å². The Labute approximate surface area is 191 Å². The molecule has 0 radical (unpaired) electrons. The minimum atomic E-state index is -3.66. The molecule has 2 aromatic carbocycles. The maximum absolute atomic E-state index is 12.5. The van der Waals surface area contributed by atoms with Crippen LogP contribution in [0.25, 0.3) is 11.4 Å². The van der Waals surface area contributed by atoms with Crippen molar-refractivity contribution in [3.63, 3.8) is 0 Å². The molecular formula is C21H25N5O4S2. The number of H-pyrrole nitrogens is 1. The SMILES string of the molecule is COc1ccc(-c2n[nH]c(=S)n2CC(=O)NCCNS(=O)(=O)c2cc(C)ccc2C)cc1. The van der Waals surface area contributed by atoms with Crippen molar-refractivity contribution in [3.05, 3.63) is 58.4 Å². The largest absolute Gasteiger partial charge is 0.497 e. The predicted molar refractivity (Wildman–Crippen MR) is 124 cm³/mol. The van der Waals surface area contributed by atoms with E-state index >= 15 is 0 Å². The van der Waals surface area contributed by atoms with Crippen molar-refractivity contribution in [3.8, 4) is 17.1 Å². The summed E-state index contributed by atoms with van der Waals surface area (Å²) in [6, 6.07) is 12.5. The molecule has 0 atom stereocenters. The monoisotopic (exact) mass is 475 g/mol. The van der Waals surface area contributed by atoms with Crippen molar-refractivity contribution < 1.29 is 17.9 Å². The second-order valence-electron chi connectivity index (χ2n) is 7.18.